The quantitative estimate of drug-likeness (QED) is 0.410. The molecule has 0 heterocycles. The van der Waals surface area contributed by atoms with Gasteiger partial charge in [-0.25, -0.2) is 5.84 Å². The number of aryl methyl sites for hydroxylation is 1. The summed E-state index contributed by atoms with van der Waals surface area (Å²) >= 11 is 0. The maximum Gasteiger partial charge on any atom is 0.255 e. The summed E-state index contributed by atoms with van der Waals surface area (Å²) in [5.74, 6) is 4.70. The maximum atomic E-state index is 11.4. The fourth-order valence-corrected chi connectivity index (χ4v) is 1.72. The smallest absolute Gasteiger partial charge is 0.255 e. The maximum absolute atomic E-state index is 11.4. The largest absolute Gasteiger partial charge is 0.316 e. The van der Waals surface area contributed by atoms with Gasteiger partial charge in [-0.05, 0) is 29.0 Å². The molecule has 1 unspecified atom stereocenters. The molecule has 0 saturated heterocycles. The lowest BCUT2D eigenvalue weighted by Gasteiger charge is -2.21. The van der Waals surface area contributed by atoms with Crippen LogP contribution in [0.5, 0.6) is 0 Å². The molecule has 1 aromatic carbocycles. The summed E-state index contributed by atoms with van der Waals surface area (Å²) < 4.78 is 0. The molecule has 0 aliphatic rings. The Hall–Kier alpha value is -1.39. The van der Waals surface area contributed by atoms with Gasteiger partial charge in [-0.15, -0.1) is 0 Å². The highest BCUT2D eigenvalue weighted by molar-refractivity contribution is 5.82. The molecule has 0 bridgehead atoms. The summed E-state index contributed by atoms with van der Waals surface area (Å²) in [5.41, 5.74) is 11.0. The Kier molecular flexibility index (Phi) is 3.91. The molecule has 5 N–H and O–H groups in total. The van der Waals surface area contributed by atoms with E-state index in [1.165, 1.54) is 5.56 Å². The number of nitrogens with one attached hydrogen (secondary N) is 1. The second kappa shape index (κ2) is 4.85. The molecular formula is C13H21N3O. The Morgan fingerprint density at radius 2 is 1.94 bits per heavy atom. The highest BCUT2D eigenvalue weighted by atomic mass is 16.2. The van der Waals surface area contributed by atoms with E-state index < -0.39 is 6.04 Å². The first-order valence-corrected chi connectivity index (χ1v) is 5.64. The van der Waals surface area contributed by atoms with Gasteiger partial charge in [-0.2, -0.15) is 0 Å². The van der Waals surface area contributed by atoms with Gasteiger partial charge >= 0.3 is 0 Å². The van der Waals surface area contributed by atoms with Crippen molar-refractivity contribution in [3.05, 3.63) is 34.9 Å². The van der Waals surface area contributed by atoms with Gasteiger partial charge in [0.1, 0.15) is 6.04 Å². The van der Waals surface area contributed by atoms with Crippen LogP contribution in [0.1, 0.15) is 43.5 Å². The Labute approximate surface area is 102 Å². The first-order chi connectivity index (χ1) is 7.77. The molecule has 94 valence electrons. The minimum atomic E-state index is -0.714. The molecule has 0 radical (unpaired) electrons. The number of carbonyl (C=O) groups excluding carboxylic acids is 1. The van der Waals surface area contributed by atoms with Crippen molar-refractivity contribution in [2.45, 2.75) is 39.2 Å². The van der Waals surface area contributed by atoms with Gasteiger partial charge in [-0.1, -0.05) is 39.0 Å². The Morgan fingerprint density at radius 1 is 1.35 bits per heavy atom. The average Bonchev–Trinajstić information content (AvgIpc) is 2.25. The van der Waals surface area contributed by atoms with Crippen LogP contribution in [0, 0.1) is 6.92 Å². The zero-order chi connectivity index (χ0) is 13.2. The van der Waals surface area contributed by atoms with Crippen molar-refractivity contribution >= 4 is 5.91 Å². The van der Waals surface area contributed by atoms with Crippen LogP contribution in [0.25, 0.3) is 0 Å². The number of carbonyl (C=O) groups is 1. The van der Waals surface area contributed by atoms with E-state index in [9.17, 15) is 4.79 Å². The zero-order valence-corrected chi connectivity index (χ0v) is 10.9. The summed E-state index contributed by atoms with van der Waals surface area (Å²) in [6.45, 7) is 8.39. The van der Waals surface area contributed by atoms with Crippen molar-refractivity contribution in [2.24, 2.45) is 11.6 Å². The van der Waals surface area contributed by atoms with Gasteiger partial charge < -0.3 is 5.73 Å². The van der Waals surface area contributed by atoms with Crippen molar-refractivity contribution in [3.63, 3.8) is 0 Å². The number of hydrogen-bond donors (Lipinski definition) is 3. The molecule has 0 aromatic heterocycles. The molecular weight excluding hydrogens is 214 g/mol. The van der Waals surface area contributed by atoms with Crippen LogP contribution in [-0.2, 0) is 10.2 Å². The third-order valence-corrected chi connectivity index (χ3v) is 2.90. The lowest BCUT2D eigenvalue weighted by atomic mass is 9.84. The predicted molar refractivity (Wildman–Crippen MR) is 69.1 cm³/mol. The normalized spacial score (nSPS) is 13.3. The third kappa shape index (κ3) is 3.05. The number of rotatable bonds is 2. The molecule has 1 aromatic rings. The molecule has 0 fully saturated rings. The standard InChI is InChI=1S/C13H21N3O/c1-8-7-9(13(2,3)4)5-6-10(8)11(14)12(17)16-15/h5-7,11H,14-15H2,1-4H3,(H,16,17). The number of amides is 1. The Morgan fingerprint density at radius 3 is 2.35 bits per heavy atom. The first-order valence-electron chi connectivity index (χ1n) is 5.64. The van der Waals surface area contributed by atoms with Gasteiger partial charge in [0.15, 0.2) is 0 Å². The van der Waals surface area contributed by atoms with Crippen LogP contribution in [-0.4, -0.2) is 5.91 Å². The minimum Gasteiger partial charge on any atom is -0.316 e. The average molecular weight is 235 g/mol. The van der Waals surface area contributed by atoms with Crippen LogP contribution in [0.15, 0.2) is 18.2 Å². The van der Waals surface area contributed by atoms with Crippen LogP contribution in [0.2, 0.25) is 0 Å². The summed E-state index contributed by atoms with van der Waals surface area (Å²) in [4.78, 5) is 11.4. The highest BCUT2D eigenvalue weighted by Crippen LogP contribution is 2.26. The monoisotopic (exact) mass is 235 g/mol. The second-order valence-corrected chi connectivity index (χ2v) is 5.31. The summed E-state index contributed by atoms with van der Waals surface area (Å²) in [7, 11) is 0. The molecule has 4 nitrogen and oxygen atoms in total. The molecule has 1 amide bonds. The second-order valence-electron chi connectivity index (χ2n) is 5.31. The number of hydrogen-bond acceptors (Lipinski definition) is 3. The molecule has 0 spiro atoms. The molecule has 1 atom stereocenters. The van der Waals surface area contributed by atoms with Crippen LogP contribution >= 0.6 is 0 Å². The van der Waals surface area contributed by atoms with Crippen molar-refractivity contribution in [3.8, 4) is 0 Å². The summed E-state index contributed by atoms with van der Waals surface area (Å²) in [6, 6.07) is 5.26. The molecule has 0 saturated carbocycles. The van der Waals surface area contributed by atoms with E-state index >= 15 is 0 Å². The van der Waals surface area contributed by atoms with E-state index in [4.69, 9.17) is 11.6 Å². The van der Waals surface area contributed by atoms with Crippen LogP contribution < -0.4 is 17.0 Å². The Bertz CT molecular complexity index is 421. The molecule has 4 heteroatoms. The fraction of sp³-hybridized carbons (Fsp3) is 0.462. The van der Waals surface area contributed by atoms with Gasteiger partial charge in [0.25, 0.3) is 5.91 Å². The lowest BCUT2D eigenvalue weighted by Crippen LogP contribution is -2.38. The van der Waals surface area contributed by atoms with E-state index in [-0.39, 0.29) is 11.3 Å². The summed E-state index contributed by atoms with van der Waals surface area (Å²) in [6.07, 6.45) is 0. The van der Waals surface area contributed by atoms with Crippen molar-refractivity contribution in [2.75, 3.05) is 0 Å². The number of nitrogens with two attached hydrogens (primary N) is 2. The first kappa shape index (κ1) is 13.7. The van der Waals surface area contributed by atoms with Crippen molar-refractivity contribution in [1.29, 1.82) is 0 Å². The zero-order valence-electron chi connectivity index (χ0n) is 10.9. The molecule has 0 aliphatic carbocycles. The molecule has 1 rings (SSSR count). The van der Waals surface area contributed by atoms with Crippen LogP contribution in [0.3, 0.4) is 0 Å². The molecule has 17 heavy (non-hydrogen) atoms. The van der Waals surface area contributed by atoms with Crippen molar-refractivity contribution in [1.82, 2.24) is 5.43 Å². The van der Waals surface area contributed by atoms with Gasteiger partial charge in [0.05, 0.1) is 0 Å². The van der Waals surface area contributed by atoms with Gasteiger partial charge in [0, 0.05) is 0 Å². The van der Waals surface area contributed by atoms with E-state index in [1.54, 1.807) is 0 Å². The predicted octanol–water partition coefficient (Wildman–Crippen LogP) is 1.28. The third-order valence-electron chi connectivity index (χ3n) is 2.90. The van der Waals surface area contributed by atoms with E-state index in [1.807, 2.05) is 19.1 Å². The van der Waals surface area contributed by atoms with Gasteiger partial charge in [-0.3, -0.25) is 10.2 Å². The number of hydrazine groups is 1. The van der Waals surface area contributed by atoms with E-state index in [2.05, 4.69) is 32.3 Å². The summed E-state index contributed by atoms with van der Waals surface area (Å²) in [5, 5.41) is 0. The molecule has 0 aliphatic heterocycles. The minimum absolute atomic E-state index is 0.0868. The lowest BCUT2D eigenvalue weighted by molar-refractivity contribution is -0.122. The van der Waals surface area contributed by atoms with Crippen LogP contribution in [0.4, 0.5) is 0 Å². The van der Waals surface area contributed by atoms with E-state index in [0.29, 0.717) is 0 Å². The van der Waals surface area contributed by atoms with E-state index in [0.717, 1.165) is 11.1 Å². The van der Waals surface area contributed by atoms with Crippen molar-refractivity contribution < 1.29 is 4.79 Å². The highest BCUT2D eigenvalue weighted by Gasteiger charge is 2.19. The van der Waals surface area contributed by atoms with Gasteiger partial charge in [0.2, 0.25) is 0 Å². The fourth-order valence-electron chi connectivity index (χ4n) is 1.72. The number of benzene rings is 1. The topological polar surface area (TPSA) is 81.1 Å². The Balaban J connectivity index is 3.10. The SMILES string of the molecule is Cc1cc(C(C)(C)C)ccc1C(N)C(=O)NN.